The van der Waals surface area contributed by atoms with E-state index in [2.05, 4.69) is 22.1 Å². The summed E-state index contributed by atoms with van der Waals surface area (Å²) >= 11 is 0. The van der Waals surface area contributed by atoms with E-state index in [-0.39, 0.29) is 5.97 Å². The average Bonchev–Trinajstić information content (AvgIpc) is 3.00. The molecule has 1 aromatic heterocycles. The number of likely N-dealkylation sites (tertiary alicyclic amines) is 1. The second kappa shape index (κ2) is 8.33. The molecule has 0 aliphatic carbocycles. The van der Waals surface area contributed by atoms with Gasteiger partial charge in [-0.25, -0.2) is 4.79 Å². The number of aryl methyl sites for hydroxylation is 1. The van der Waals surface area contributed by atoms with Crippen LogP contribution < -0.4 is 5.32 Å². The average molecular weight is 373 g/mol. The van der Waals surface area contributed by atoms with Crippen LogP contribution in [0, 0.1) is 0 Å². The van der Waals surface area contributed by atoms with Crippen molar-refractivity contribution in [1.29, 1.82) is 0 Å². The van der Waals surface area contributed by atoms with Crippen molar-refractivity contribution in [2.45, 2.75) is 32.1 Å². The van der Waals surface area contributed by atoms with Crippen LogP contribution in [0.5, 0.6) is 0 Å². The second-order valence-electron chi connectivity index (χ2n) is 6.92. The Morgan fingerprint density at radius 2 is 2.04 bits per heavy atom. The van der Waals surface area contributed by atoms with E-state index in [1.165, 1.54) is 15.8 Å². The van der Waals surface area contributed by atoms with E-state index in [0.29, 0.717) is 38.6 Å². The third-order valence-electron chi connectivity index (χ3n) is 5.19. The van der Waals surface area contributed by atoms with Gasteiger partial charge in [0.2, 0.25) is 0 Å². The van der Waals surface area contributed by atoms with Gasteiger partial charge in [0, 0.05) is 38.3 Å². The standard InChI is InChI=1S/C20H27N3O4/c1-3-27-18(24)7-10-21-17-6-4-5-15-16(13-22(2)19(15)17)14-8-11-23(12-9-14)20(25)26/h4-6,13-14,21H,3,7-12H2,1-2H3,(H,25,26). The first-order valence-corrected chi connectivity index (χ1v) is 9.46. The smallest absolute Gasteiger partial charge is 0.407 e. The molecule has 7 heteroatoms. The third-order valence-corrected chi connectivity index (χ3v) is 5.19. The summed E-state index contributed by atoms with van der Waals surface area (Å²) in [5.74, 6) is 0.161. The van der Waals surface area contributed by atoms with Crippen LogP contribution in [0.4, 0.5) is 10.5 Å². The molecule has 2 aromatic rings. The number of esters is 1. The van der Waals surface area contributed by atoms with E-state index in [1.54, 1.807) is 6.92 Å². The molecule has 0 radical (unpaired) electrons. The highest BCUT2D eigenvalue weighted by Gasteiger charge is 2.26. The van der Waals surface area contributed by atoms with E-state index < -0.39 is 6.09 Å². The Bertz CT molecular complexity index is 822. The largest absolute Gasteiger partial charge is 0.466 e. The van der Waals surface area contributed by atoms with Gasteiger partial charge in [0.25, 0.3) is 0 Å². The van der Waals surface area contributed by atoms with Gasteiger partial charge in [0.05, 0.1) is 24.2 Å². The second-order valence-corrected chi connectivity index (χ2v) is 6.92. The zero-order chi connectivity index (χ0) is 19.4. The number of amides is 1. The molecule has 1 saturated heterocycles. The summed E-state index contributed by atoms with van der Waals surface area (Å²) in [6.07, 6.45) is 3.33. The number of carboxylic acid groups (broad SMARTS) is 1. The zero-order valence-corrected chi connectivity index (χ0v) is 15.9. The van der Waals surface area contributed by atoms with Gasteiger partial charge in [-0.3, -0.25) is 4.79 Å². The molecule has 2 N–H and O–H groups in total. The Morgan fingerprint density at radius 1 is 1.30 bits per heavy atom. The molecule has 0 spiro atoms. The van der Waals surface area contributed by atoms with Crippen LogP contribution in [0.1, 0.15) is 37.7 Å². The number of nitrogens with one attached hydrogen (secondary N) is 1. The molecule has 3 rings (SSSR count). The summed E-state index contributed by atoms with van der Waals surface area (Å²) < 4.78 is 7.08. The van der Waals surface area contributed by atoms with Gasteiger partial charge in [-0.1, -0.05) is 12.1 Å². The van der Waals surface area contributed by atoms with Crippen molar-refractivity contribution in [3.63, 3.8) is 0 Å². The van der Waals surface area contributed by atoms with Gasteiger partial charge < -0.3 is 24.6 Å². The van der Waals surface area contributed by atoms with E-state index in [4.69, 9.17) is 9.84 Å². The fraction of sp³-hybridized carbons (Fsp3) is 0.500. The Morgan fingerprint density at radius 3 is 2.70 bits per heavy atom. The minimum atomic E-state index is -0.834. The summed E-state index contributed by atoms with van der Waals surface area (Å²) in [7, 11) is 2.02. The zero-order valence-electron chi connectivity index (χ0n) is 15.9. The lowest BCUT2D eigenvalue weighted by molar-refractivity contribution is -0.142. The van der Waals surface area contributed by atoms with Gasteiger partial charge in [0.1, 0.15) is 0 Å². The first-order chi connectivity index (χ1) is 13.0. The number of aromatic nitrogens is 1. The number of fused-ring (bicyclic) bond motifs is 1. The molecule has 27 heavy (non-hydrogen) atoms. The first-order valence-electron chi connectivity index (χ1n) is 9.46. The fourth-order valence-electron chi connectivity index (χ4n) is 3.88. The number of piperidine rings is 1. The molecule has 0 bridgehead atoms. The fourth-order valence-corrected chi connectivity index (χ4v) is 3.88. The Kier molecular flexibility index (Phi) is 5.88. The van der Waals surface area contributed by atoms with E-state index in [0.717, 1.165) is 24.0 Å². The Balaban J connectivity index is 1.76. The van der Waals surface area contributed by atoms with Gasteiger partial charge >= 0.3 is 12.1 Å². The van der Waals surface area contributed by atoms with Gasteiger partial charge in [-0.2, -0.15) is 0 Å². The van der Waals surface area contributed by atoms with Crippen molar-refractivity contribution in [3.8, 4) is 0 Å². The minimum absolute atomic E-state index is 0.199. The number of hydrogen-bond acceptors (Lipinski definition) is 4. The third kappa shape index (κ3) is 4.18. The van der Waals surface area contributed by atoms with Crippen LogP contribution in [0.2, 0.25) is 0 Å². The highest BCUT2D eigenvalue weighted by atomic mass is 16.5. The van der Waals surface area contributed by atoms with Gasteiger partial charge in [-0.05, 0) is 37.3 Å². The van der Waals surface area contributed by atoms with Crippen LogP contribution in [-0.2, 0) is 16.6 Å². The van der Waals surface area contributed by atoms with Crippen LogP contribution in [0.3, 0.4) is 0 Å². The molecule has 0 saturated carbocycles. The van der Waals surface area contributed by atoms with Gasteiger partial charge in [0.15, 0.2) is 0 Å². The number of benzene rings is 1. The molecule has 0 unspecified atom stereocenters. The number of hydrogen-bond donors (Lipinski definition) is 2. The molecule has 1 amide bonds. The molecule has 146 valence electrons. The summed E-state index contributed by atoms with van der Waals surface area (Å²) in [6.45, 7) is 3.88. The maximum absolute atomic E-state index is 11.5. The summed E-state index contributed by atoms with van der Waals surface area (Å²) in [4.78, 5) is 24.2. The number of para-hydroxylation sites is 1. The van der Waals surface area contributed by atoms with Crippen molar-refractivity contribution in [2.24, 2.45) is 7.05 Å². The number of carbonyl (C=O) groups is 2. The summed E-state index contributed by atoms with van der Waals surface area (Å²) in [5, 5.41) is 13.7. The van der Waals surface area contributed by atoms with Gasteiger partial charge in [-0.15, -0.1) is 0 Å². The first kappa shape index (κ1) is 19.1. The molecular weight excluding hydrogens is 346 g/mol. The highest BCUT2D eigenvalue weighted by molar-refractivity contribution is 5.94. The van der Waals surface area contributed by atoms with Crippen molar-refractivity contribution >= 4 is 28.7 Å². The predicted octanol–water partition coefficient (Wildman–Crippen LogP) is 3.40. The number of carbonyl (C=O) groups excluding carboxylic acids is 1. The lowest BCUT2D eigenvalue weighted by Crippen LogP contribution is -2.36. The van der Waals surface area contributed by atoms with E-state index in [1.807, 2.05) is 19.2 Å². The lowest BCUT2D eigenvalue weighted by atomic mass is 9.89. The summed E-state index contributed by atoms with van der Waals surface area (Å²) in [6, 6.07) is 6.15. The maximum Gasteiger partial charge on any atom is 0.407 e. The molecule has 7 nitrogen and oxygen atoms in total. The van der Waals surface area contributed by atoms with Crippen LogP contribution in [0.15, 0.2) is 24.4 Å². The minimum Gasteiger partial charge on any atom is -0.466 e. The molecular formula is C20H27N3O4. The number of anilines is 1. The summed E-state index contributed by atoms with van der Waals surface area (Å²) in [5.41, 5.74) is 3.37. The van der Waals surface area contributed by atoms with E-state index >= 15 is 0 Å². The predicted molar refractivity (Wildman–Crippen MR) is 104 cm³/mol. The normalized spacial score (nSPS) is 15.1. The number of ether oxygens (including phenoxy) is 1. The highest BCUT2D eigenvalue weighted by Crippen LogP contribution is 2.36. The molecule has 0 atom stereocenters. The number of nitrogens with zero attached hydrogens (tertiary/aromatic N) is 2. The monoisotopic (exact) mass is 373 g/mol. The Labute approximate surface area is 158 Å². The molecule has 2 heterocycles. The van der Waals surface area contributed by atoms with Crippen molar-refractivity contribution in [2.75, 3.05) is 31.6 Å². The maximum atomic E-state index is 11.5. The molecule has 1 aliphatic rings. The van der Waals surface area contributed by atoms with Crippen molar-refractivity contribution in [3.05, 3.63) is 30.0 Å². The van der Waals surface area contributed by atoms with Crippen molar-refractivity contribution in [1.82, 2.24) is 9.47 Å². The topological polar surface area (TPSA) is 83.8 Å². The Hall–Kier alpha value is -2.70. The SMILES string of the molecule is CCOC(=O)CCNc1cccc2c(C3CCN(C(=O)O)CC3)cn(C)c12. The number of rotatable bonds is 6. The van der Waals surface area contributed by atoms with Crippen LogP contribution >= 0.6 is 0 Å². The lowest BCUT2D eigenvalue weighted by Gasteiger charge is -2.29. The van der Waals surface area contributed by atoms with Crippen LogP contribution in [-0.4, -0.2) is 52.9 Å². The quantitative estimate of drug-likeness (QED) is 0.758. The van der Waals surface area contributed by atoms with Crippen molar-refractivity contribution < 1.29 is 19.4 Å². The molecule has 1 fully saturated rings. The molecule has 1 aliphatic heterocycles. The van der Waals surface area contributed by atoms with E-state index in [9.17, 15) is 9.59 Å². The van der Waals surface area contributed by atoms with Crippen LogP contribution in [0.25, 0.3) is 10.9 Å². The molecule has 1 aromatic carbocycles.